The van der Waals surface area contributed by atoms with Crippen LogP contribution in [0, 0.1) is 0 Å². The number of carbonyl (C=O) groups is 1. The molecule has 86 valence electrons. The van der Waals surface area contributed by atoms with Crippen molar-refractivity contribution in [3.05, 3.63) is 12.2 Å². The Morgan fingerprint density at radius 2 is 1.93 bits per heavy atom. The largest absolute Gasteiger partial charge is 0.337 e. The first kappa shape index (κ1) is 12.2. The van der Waals surface area contributed by atoms with Gasteiger partial charge in [0.25, 0.3) is 0 Å². The highest BCUT2D eigenvalue weighted by atomic mass is 16.2. The molecule has 1 saturated carbocycles. The lowest BCUT2D eigenvalue weighted by molar-refractivity contribution is -0.132. The van der Waals surface area contributed by atoms with Crippen molar-refractivity contribution in [1.29, 1.82) is 0 Å². The molecule has 0 bridgehead atoms. The molecule has 0 radical (unpaired) electrons. The Hall–Kier alpha value is -0.830. The Balaban J connectivity index is 2.42. The SMILES string of the molecule is CN(C)C/C=C/C(=O)N(C)C1(C)CCC1. The van der Waals surface area contributed by atoms with Gasteiger partial charge in [0, 0.05) is 25.2 Å². The molecule has 0 spiro atoms. The summed E-state index contributed by atoms with van der Waals surface area (Å²) in [6.45, 7) is 2.98. The van der Waals surface area contributed by atoms with Gasteiger partial charge in [0.1, 0.15) is 0 Å². The minimum atomic E-state index is 0.111. The first-order valence-electron chi connectivity index (χ1n) is 5.55. The number of rotatable bonds is 4. The maximum atomic E-state index is 11.8. The average Bonchev–Trinajstić information content (AvgIpc) is 2.12. The second-order valence-electron chi connectivity index (χ2n) is 4.91. The molecule has 15 heavy (non-hydrogen) atoms. The van der Waals surface area contributed by atoms with E-state index >= 15 is 0 Å². The van der Waals surface area contributed by atoms with Gasteiger partial charge in [0.05, 0.1) is 0 Å². The van der Waals surface area contributed by atoms with E-state index < -0.39 is 0 Å². The molecular formula is C12H22N2O. The minimum absolute atomic E-state index is 0.111. The van der Waals surface area contributed by atoms with E-state index in [4.69, 9.17) is 0 Å². The van der Waals surface area contributed by atoms with Crippen molar-refractivity contribution < 1.29 is 4.79 Å². The smallest absolute Gasteiger partial charge is 0.246 e. The van der Waals surface area contributed by atoms with Gasteiger partial charge >= 0.3 is 0 Å². The van der Waals surface area contributed by atoms with Crippen LogP contribution in [0.4, 0.5) is 0 Å². The van der Waals surface area contributed by atoms with E-state index in [1.807, 2.05) is 37.0 Å². The van der Waals surface area contributed by atoms with Crippen LogP contribution < -0.4 is 0 Å². The van der Waals surface area contributed by atoms with E-state index in [-0.39, 0.29) is 11.4 Å². The fourth-order valence-corrected chi connectivity index (χ4v) is 1.77. The van der Waals surface area contributed by atoms with Gasteiger partial charge in [0.15, 0.2) is 0 Å². The molecule has 1 amide bonds. The summed E-state index contributed by atoms with van der Waals surface area (Å²) in [4.78, 5) is 15.7. The minimum Gasteiger partial charge on any atom is -0.337 e. The number of carbonyl (C=O) groups excluding carboxylic acids is 1. The van der Waals surface area contributed by atoms with Crippen LogP contribution in [0.3, 0.4) is 0 Å². The van der Waals surface area contributed by atoms with Crippen LogP contribution in [0.25, 0.3) is 0 Å². The highest BCUT2D eigenvalue weighted by Crippen LogP contribution is 2.36. The summed E-state index contributed by atoms with van der Waals surface area (Å²) in [5, 5.41) is 0. The molecule has 1 aliphatic rings. The van der Waals surface area contributed by atoms with Gasteiger partial charge in [-0.15, -0.1) is 0 Å². The molecule has 1 aliphatic carbocycles. The lowest BCUT2D eigenvalue weighted by Gasteiger charge is -2.45. The van der Waals surface area contributed by atoms with Crippen LogP contribution in [0.2, 0.25) is 0 Å². The molecular weight excluding hydrogens is 188 g/mol. The summed E-state index contributed by atoms with van der Waals surface area (Å²) in [6, 6.07) is 0. The van der Waals surface area contributed by atoms with Crippen LogP contribution in [-0.2, 0) is 4.79 Å². The van der Waals surface area contributed by atoms with Crippen molar-refractivity contribution >= 4 is 5.91 Å². The maximum Gasteiger partial charge on any atom is 0.246 e. The van der Waals surface area contributed by atoms with E-state index in [2.05, 4.69) is 6.92 Å². The zero-order chi connectivity index (χ0) is 11.5. The average molecular weight is 210 g/mol. The predicted octanol–water partition coefficient (Wildman–Crippen LogP) is 1.51. The van der Waals surface area contributed by atoms with Gasteiger partial charge in [-0.3, -0.25) is 4.79 Å². The van der Waals surface area contributed by atoms with Gasteiger partial charge in [-0.05, 0) is 40.3 Å². The van der Waals surface area contributed by atoms with Crippen LogP contribution in [0.15, 0.2) is 12.2 Å². The molecule has 0 aromatic rings. The van der Waals surface area contributed by atoms with E-state index in [9.17, 15) is 4.79 Å². The second kappa shape index (κ2) is 4.79. The molecule has 0 saturated heterocycles. The van der Waals surface area contributed by atoms with Crippen LogP contribution in [0.1, 0.15) is 26.2 Å². The third-order valence-electron chi connectivity index (χ3n) is 3.30. The third kappa shape index (κ3) is 3.06. The zero-order valence-electron chi connectivity index (χ0n) is 10.3. The summed E-state index contributed by atoms with van der Waals surface area (Å²) in [7, 11) is 5.89. The topological polar surface area (TPSA) is 23.6 Å². The summed E-state index contributed by atoms with van der Waals surface area (Å²) >= 11 is 0. The van der Waals surface area contributed by atoms with Gasteiger partial charge in [0.2, 0.25) is 5.91 Å². The fourth-order valence-electron chi connectivity index (χ4n) is 1.77. The van der Waals surface area contributed by atoms with E-state index in [0.717, 1.165) is 19.4 Å². The molecule has 0 aromatic heterocycles. The zero-order valence-corrected chi connectivity index (χ0v) is 10.3. The standard InChI is InChI=1S/C12H22N2O/c1-12(8-6-9-12)14(4)11(15)7-5-10-13(2)3/h5,7H,6,8-10H2,1-4H3/b7-5+. The lowest BCUT2D eigenvalue weighted by Crippen LogP contribution is -2.51. The Morgan fingerprint density at radius 3 is 2.33 bits per heavy atom. The van der Waals surface area contributed by atoms with E-state index in [1.54, 1.807) is 6.08 Å². The summed E-state index contributed by atoms with van der Waals surface area (Å²) in [5.41, 5.74) is 0.111. The monoisotopic (exact) mass is 210 g/mol. The molecule has 0 atom stereocenters. The Morgan fingerprint density at radius 1 is 1.33 bits per heavy atom. The van der Waals surface area contributed by atoms with Crippen LogP contribution >= 0.6 is 0 Å². The molecule has 1 fully saturated rings. The van der Waals surface area contributed by atoms with Crippen molar-refractivity contribution in [2.45, 2.75) is 31.7 Å². The van der Waals surface area contributed by atoms with Crippen molar-refractivity contribution in [3.63, 3.8) is 0 Å². The molecule has 0 unspecified atom stereocenters. The molecule has 0 aliphatic heterocycles. The van der Waals surface area contributed by atoms with Crippen molar-refractivity contribution in [2.24, 2.45) is 0 Å². The van der Waals surface area contributed by atoms with Crippen molar-refractivity contribution in [1.82, 2.24) is 9.80 Å². The lowest BCUT2D eigenvalue weighted by atomic mass is 9.77. The summed E-state index contributed by atoms with van der Waals surface area (Å²) in [6.07, 6.45) is 7.12. The number of hydrogen-bond donors (Lipinski definition) is 0. The molecule has 0 N–H and O–H groups in total. The Kier molecular flexibility index (Phi) is 3.91. The summed E-state index contributed by atoms with van der Waals surface area (Å²) in [5.74, 6) is 0.124. The predicted molar refractivity (Wildman–Crippen MR) is 62.7 cm³/mol. The molecule has 3 nitrogen and oxygen atoms in total. The number of nitrogens with zero attached hydrogens (tertiary/aromatic N) is 2. The summed E-state index contributed by atoms with van der Waals surface area (Å²) < 4.78 is 0. The number of likely N-dealkylation sites (N-methyl/N-ethyl adjacent to an activating group) is 2. The Labute approximate surface area is 92.7 Å². The first-order valence-corrected chi connectivity index (χ1v) is 5.55. The molecule has 1 rings (SSSR count). The van der Waals surface area contributed by atoms with Gasteiger partial charge < -0.3 is 9.80 Å². The van der Waals surface area contributed by atoms with E-state index in [1.165, 1.54) is 6.42 Å². The highest BCUT2D eigenvalue weighted by Gasteiger charge is 2.37. The number of hydrogen-bond acceptors (Lipinski definition) is 2. The first-order chi connectivity index (χ1) is 6.96. The van der Waals surface area contributed by atoms with Crippen LogP contribution in [-0.4, -0.2) is 48.9 Å². The second-order valence-corrected chi connectivity index (χ2v) is 4.91. The van der Waals surface area contributed by atoms with Crippen LogP contribution in [0.5, 0.6) is 0 Å². The number of amides is 1. The van der Waals surface area contributed by atoms with E-state index in [0.29, 0.717) is 0 Å². The maximum absolute atomic E-state index is 11.8. The van der Waals surface area contributed by atoms with Gasteiger partial charge in [-0.2, -0.15) is 0 Å². The Bertz CT molecular complexity index is 254. The van der Waals surface area contributed by atoms with Crippen molar-refractivity contribution in [2.75, 3.05) is 27.7 Å². The molecule has 3 heteroatoms. The normalized spacial score (nSPS) is 19.3. The quantitative estimate of drug-likeness (QED) is 0.657. The van der Waals surface area contributed by atoms with Gasteiger partial charge in [-0.1, -0.05) is 6.08 Å². The molecule has 0 aromatic carbocycles. The third-order valence-corrected chi connectivity index (χ3v) is 3.30. The highest BCUT2D eigenvalue weighted by molar-refractivity contribution is 5.88. The molecule has 0 heterocycles. The fraction of sp³-hybridized carbons (Fsp3) is 0.750. The van der Waals surface area contributed by atoms with Gasteiger partial charge in [-0.25, -0.2) is 0 Å². The van der Waals surface area contributed by atoms with Crippen molar-refractivity contribution in [3.8, 4) is 0 Å².